The molecule has 0 fully saturated rings. The minimum atomic E-state index is 0.304. The predicted octanol–water partition coefficient (Wildman–Crippen LogP) is 3.17. The van der Waals surface area contributed by atoms with E-state index < -0.39 is 0 Å². The Balaban J connectivity index is 2.33. The molecule has 0 atom stereocenters. The van der Waals surface area contributed by atoms with Crippen molar-refractivity contribution in [3.05, 3.63) is 41.5 Å². The van der Waals surface area contributed by atoms with Crippen LogP contribution in [0.3, 0.4) is 0 Å². The van der Waals surface area contributed by atoms with Crippen LogP contribution in [0.25, 0.3) is 6.08 Å². The first-order valence-corrected chi connectivity index (χ1v) is 5.17. The first kappa shape index (κ1) is 11.0. The minimum Gasteiger partial charge on any atom is -0.396 e. The summed E-state index contributed by atoms with van der Waals surface area (Å²) in [5.41, 5.74) is 2.54. The molecule has 1 nitrogen and oxygen atoms in total. The monoisotopic (exact) mass is 190 g/mol. The lowest BCUT2D eigenvalue weighted by Crippen LogP contribution is -1.80. The molecule has 0 aliphatic rings. The molecule has 0 spiro atoms. The zero-order valence-corrected chi connectivity index (χ0v) is 8.74. The van der Waals surface area contributed by atoms with Crippen LogP contribution in [0, 0.1) is 6.92 Å². The summed E-state index contributed by atoms with van der Waals surface area (Å²) < 4.78 is 0. The zero-order chi connectivity index (χ0) is 10.2. The normalized spacial score (nSPS) is 11.0. The lowest BCUT2D eigenvalue weighted by molar-refractivity contribution is 0.285. The fourth-order valence-electron chi connectivity index (χ4n) is 1.27. The average molecular weight is 190 g/mol. The fraction of sp³-hybridized carbons (Fsp3) is 0.385. The maximum absolute atomic E-state index is 8.59. The molecule has 1 aromatic rings. The summed E-state index contributed by atoms with van der Waals surface area (Å²) >= 11 is 0. The number of aliphatic hydroxyl groups excluding tert-OH is 1. The Hall–Kier alpha value is -1.08. The Morgan fingerprint density at radius 3 is 2.50 bits per heavy atom. The Kier molecular flexibility index (Phi) is 5.02. The standard InChI is InChI=1S/C13H18O/c1-12-7-9-13(10-8-12)6-4-2-3-5-11-14/h4,6-10,14H,2-3,5,11H2,1H3/b6-4+. The van der Waals surface area contributed by atoms with Gasteiger partial charge in [-0.3, -0.25) is 0 Å². The molecule has 1 heteroatoms. The number of hydrogen-bond acceptors (Lipinski definition) is 1. The van der Waals surface area contributed by atoms with Crippen molar-refractivity contribution >= 4 is 6.08 Å². The summed E-state index contributed by atoms with van der Waals surface area (Å²) in [4.78, 5) is 0. The van der Waals surface area contributed by atoms with Gasteiger partial charge in [-0.2, -0.15) is 0 Å². The SMILES string of the molecule is Cc1ccc(/C=C/CCCCO)cc1. The van der Waals surface area contributed by atoms with E-state index in [0.717, 1.165) is 19.3 Å². The van der Waals surface area contributed by atoms with Gasteiger partial charge in [0.25, 0.3) is 0 Å². The topological polar surface area (TPSA) is 20.2 Å². The summed E-state index contributed by atoms with van der Waals surface area (Å²) in [6, 6.07) is 8.48. The lowest BCUT2D eigenvalue weighted by atomic mass is 10.1. The van der Waals surface area contributed by atoms with E-state index in [4.69, 9.17) is 5.11 Å². The maximum Gasteiger partial charge on any atom is 0.0431 e. The second-order valence-corrected chi connectivity index (χ2v) is 3.53. The van der Waals surface area contributed by atoms with Gasteiger partial charge in [0.1, 0.15) is 0 Å². The van der Waals surface area contributed by atoms with E-state index in [0.29, 0.717) is 6.61 Å². The van der Waals surface area contributed by atoms with Crippen molar-refractivity contribution in [3.8, 4) is 0 Å². The summed E-state index contributed by atoms with van der Waals surface area (Å²) in [5, 5.41) is 8.59. The predicted molar refractivity (Wildman–Crippen MR) is 61.1 cm³/mol. The summed E-state index contributed by atoms with van der Waals surface area (Å²) in [7, 11) is 0. The third-order valence-electron chi connectivity index (χ3n) is 2.17. The summed E-state index contributed by atoms with van der Waals surface area (Å²) in [5.74, 6) is 0. The summed E-state index contributed by atoms with van der Waals surface area (Å²) in [6.07, 6.45) is 7.32. The Bertz CT molecular complexity index is 272. The highest BCUT2D eigenvalue weighted by molar-refractivity contribution is 5.49. The Labute approximate surface area is 86.1 Å². The maximum atomic E-state index is 8.59. The van der Waals surface area contributed by atoms with Crippen molar-refractivity contribution in [2.45, 2.75) is 26.2 Å². The zero-order valence-electron chi connectivity index (χ0n) is 8.74. The van der Waals surface area contributed by atoms with Crippen LogP contribution in [0.5, 0.6) is 0 Å². The molecule has 0 aliphatic carbocycles. The number of allylic oxidation sites excluding steroid dienone is 1. The van der Waals surface area contributed by atoms with Gasteiger partial charge in [-0.25, -0.2) is 0 Å². The largest absolute Gasteiger partial charge is 0.396 e. The lowest BCUT2D eigenvalue weighted by Gasteiger charge is -1.95. The Morgan fingerprint density at radius 2 is 1.86 bits per heavy atom. The van der Waals surface area contributed by atoms with Gasteiger partial charge in [0, 0.05) is 6.61 Å². The molecule has 0 saturated heterocycles. The molecule has 0 aromatic heterocycles. The van der Waals surface area contributed by atoms with E-state index in [1.807, 2.05) is 0 Å². The van der Waals surface area contributed by atoms with Gasteiger partial charge in [0.05, 0.1) is 0 Å². The molecular weight excluding hydrogens is 172 g/mol. The van der Waals surface area contributed by atoms with Crippen LogP contribution < -0.4 is 0 Å². The van der Waals surface area contributed by atoms with E-state index in [1.54, 1.807) is 0 Å². The van der Waals surface area contributed by atoms with Crippen molar-refractivity contribution in [1.29, 1.82) is 0 Å². The summed E-state index contributed by atoms with van der Waals surface area (Å²) in [6.45, 7) is 2.40. The molecule has 0 heterocycles. The number of benzene rings is 1. The van der Waals surface area contributed by atoms with Crippen molar-refractivity contribution in [1.82, 2.24) is 0 Å². The quantitative estimate of drug-likeness (QED) is 0.707. The molecule has 0 unspecified atom stereocenters. The van der Waals surface area contributed by atoms with E-state index in [1.165, 1.54) is 11.1 Å². The van der Waals surface area contributed by atoms with Crippen LogP contribution in [0.1, 0.15) is 30.4 Å². The second kappa shape index (κ2) is 6.39. The van der Waals surface area contributed by atoms with Crippen LogP contribution in [-0.4, -0.2) is 11.7 Å². The van der Waals surface area contributed by atoms with Gasteiger partial charge >= 0.3 is 0 Å². The van der Waals surface area contributed by atoms with Crippen molar-refractivity contribution in [2.24, 2.45) is 0 Å². The minimum absolute atomic E-state index is 0.304. The van der Waals surface area contributed by atoms with Crippen molar-refractivity contribution in [2.75, 3.05) is 6.61 Å². The molecule has 0 bridgehead atoms. The highest BCUT2D eigenvalue weighted by atomic mass is 16.2. The van der Waals surface area contributed by atoms with E-state index in [9.17, 15) is 0 Å². The number of rotatable bonds is 5. The first-order valence-electron chi connectivity index (χ1n) is 5.17. The molecule has 1 aromatic carbocycles. The van der Waals surface area contributed by atoms with Crippen LogP contribution in [0.2, 0.25) is 0 Å². The van der Waals surface area contributed by atoms with Gasteiger partial charge in [0.15, 0.2) is 0 Å². The third kappa shape index (κ3) is 4.24. The molecule has 0 radical (unpaired) electrons. The molecular formula is C13H18O. The molecule has 1 rings (SSSR count). The van der Waals surface area contributed by atoms with E-state index in [-0.39, 0.29) is 0 Å². The van der Waals surface area contributed by atoms with Crippen LogP contribution in [-0.2, 0) is 0 Å². The number of aryl methyl sites for hydroxylation is 1. The average Bonchev–Trinajstić information content (AvgIpc) is 2.21. The van der Waals surface area contributed by atoms with Crippen LogP contribution >= 0.6 is 0 Å². The van der Waals surface area contributed by atoms with Gasteiger partial charge in [-0.15, -0.1) is 0 Å². The van der Waals surface area contributed by atoms with Crippen LogP contribution in [0.15, 0.2) is 30.3 Å². The second-order valence-electron chi connectivity index (χ2n) is 3.53. The third-order valence-corrected chi connectivity index (χ3v) is 2.17. The van der Waals surface area contributed by atoms with Crippen LogP contribution in [0.4, 0.5) is 0 Å². The van der Waals surface area contributed by atoms with Crippen molar-refractivity contribution < 1.29 is 5.11 Å². The molecule has 0 saturated carbocycles. The van der Waals surface area contributed by atoms with E-state index >= 15 is 0 Å². The fourth-order valence-corrected chi connectivity index (χ4v) is 1.27. The van der Waals surface area contributed by atoms with Gasteiger partial charge in [-0.05, 0) is 31.7 Å². The Morgan fingerprint density at radius 1 is 1.14 bits per heavy atom. The number of aliphatic hydroxyl groups is 1. The molecule has 0 amide bonds. The number of unbranched alkanes of at least 4 members (excludes halogenated alkanes) is 2. The van der Waals surface area contributed by atoms with Gasteiger partial charge in [0.2, 0.25) is 0 Å². The van der Waals surface area contributed by atoms with E-state index in [2.05, 4.69) is 43.3 Å². The smallest absolute Gasteiger partial charge is 0.0431 e. The highest BCUT2D eigenvalue weighted by Gasteiger charge is 1.86. The first-order chi connectivity index (χ1) is 6.83. The highest BCUT2D eigenvalue weighted by Crippen LogP contribution is 2.06. The molecule has 14 heavy (non-hydrogen) atoms. The van der Waals surface area contributed by atoms with Gasteiger partial charge < -0.3 is 5.11 Å². The molecule has 76 valence electrons. The molecule has 0 aliphatic heterocycles. The molecule has 1 N–H and O–H groups in total. The number of hydrogen-bond donors (Lipinski definition) is 1. The van der Waals surface area contributed by atoms with Gasteiger partial charge in [-0.1, -0.05) is 42.0 Å². The van der Waals surface area contributed by atoms with Crippen molar-refractivity contribution in [3.63, 3.8) is 0 Å².